The number of hydrogen-bond donors (Lipinski definition) is 2. The molecule has 0 fully saturated rings. The number of rotatable bonds is 4. The van der Waals surface area contributed by atoms with Crippen molar-refractivity contribution in [1.29, 1.82) is 0 Å². The van der Waals surface area contributed by atoms with E-state index in [-0.39, 0.29) is 18.3 Å². The van der Waals surface area contributed by atoms with Crippen LogP contribution in [-0.2, 0) is 6.42 Å². The van der Waals surface area contributed by atoms with E-state index in [1.54, 1.807) is 12.1 Å². The molecule has 0 aromatic heterocycles. The van der Waals surface area contributed by atoms with Crippen molar-refractivity contribution in [3.8, 4) is 5.75 Å². The summed E-state index contributed by atoms with van der Waals surface area (Å²) < 4.78 is 1.02. The topological polar surface area (TPSA) is 40.5 Å². The standard InChI is InChI=1S/C15H15BrO2/c16-14-3-1-2-12(9-14)13(10-17)8-11-4-6-15(18)7-5-11/h1-7,9,13,17-18H,8,10H2. The van der Waals surface area contributed by atoms with Gasteiger partial charge in [0.2, 0.25) is 0 Å². The molecule has 2 rings (SSSR count). The fourth-order valence-electron chi connectivity index (χ4n) is 1.96. The highest BCUT2D eigenvalue weighted by atomic mass is 79.9. The molecule has 0 saturated heterocycles. The lowest BCUT2D eigenvalue weighted by molar-refractivity contribution is 0.264. The van der Waals surface area contributed by atoms with E-state index in [0.717, 1.165) is 22.0 Å². The van der Waals surface area contributed by atoms with Crippen LogP contribution in [0.5, 0.6) is 5.75 Å². The Morgan fingerprint density at radius 1 is 1.06 bits per heavy atom. The van der Waals surface area contributed by atoms with Gasteiger partial charge < -0.3 is 10.2 Å². The highest BCUT2D eigenvalue weighted by Crippen LogP contribution is 2.24. The third kappa shape index (κ3) is 3.34. The van der Waals surface area contributed by atoms with Crippen LogP contribution < -0.4 is 0 Å². The van der Waals surface area contributed by atoms with Crippen LogP contribution >= 0.6 is 15.9 Å². The second kappa shape index (κ2) is 6.03. The van der Waals surface area contributed by atoms with Gasteiger partial charge in [-0.15, -0.1) is 0 Å². The quantitative estimate of drug-likeness (QED) is 0.908. The van der Waals surface area contributed by atoms with Gasteiger partial charge in [0.25, 0.3) is 0 Å². The molecule has 2 nitrogen and oxygen atoms in total. The minimum Gasteiger partial charge on any atom is -0.508 e. The summed E-state index contributed by atoms with van der Waals surface area (Å²) in [5, 5.41) is 18.8. The van der Waals surface area contributed by atoms with Gasteiger partial charge in [-0.05, 0) is 41.8 Å². The second-order valence-electron chi connectivity index (χ2n) is 4.31. The maximum absolute atomic E-state index is 9.52. The van der Waals surface area contributed by atoms with Crippen molar-refractivity contribution in [3.63, 3.8) is 0 Å². The first-order valence-corrected chi connectivity index (χ1v) is 6.62. The monoisotopic (exact) mass is 306 g/mol. The summed E-state index contributed by atoms with van der Waals surface area (Å²) in [6.45, 7) is 0.108. The molecule has 94 valence electrons. The molecular formula is C15H15BrO2. The zero-order valence-corrected chi connectivity index (χ0v) is 11.5. The Hall–Kier alpha value is -1.32. The fourth-order valence-corrected chi connectivity index (χ4v) is 2.38. The molecule has 0 amide bonds. The molecule has 0 radical (unpaired) electrons. The van der Waals surface area contributed by atoms with E-state index in [1.165, 1.54) is 0 Å². The minimum atomic E-state index is 0.0760. The highest BCUT2D eigenvalue weighted by Gasteiger charge is 2.11. The number of phenolic OH excluding ortho intramolecular Hbond substituents is 1. The number of halogens is 1. The van der Waals surface area contributed by atoms with Crippen molar-refractivity contribution in [2.24, 2.45) is 0 Å². The van der Waals surface area contributed by atoms with Crippen LogP contribution in [0, 0.1) is 0 Å². The van der Waals surface area contributed by atoms with Crippen LogP contribution in [0.3, 0.4) is 0 Å². The van der Waals surface area contributed by atoms with E-state index in [0.29, 0.717) is 0 Å². The van der Waals surface area contributed by atoms with E-state index in [4.69, 9.17) is 0 Å². The third-order valence-corrected chi connectivity index (χ3v) is 3.45. The third-order valence-electron chi connectivity index (χ3n) is 2.96. The molecule has 0 bridgehead atoms. The minimum absolute atomic E-state index is 0.0760. The zero-order valence-electron chi connectivity index (χ0n) is 9.88. The van der Waals surface area contributed by atoms with Crippen molar-refractivity contribution < 1.29 is 10.2 Å². The van der Waals surface area contributed by atoms with Crippen LogP contribution in [0.1, 0.15) is 17.0 Å². The first-order chi connectivity index (χ1) is 8.69. The lowest BCUT2D eigenvalue weighted by Crippen LogP contribution is -2.07. The van der Waals surface area contributed by atoms with Crippen LogP contribution in [0.15, 0.2) is 53.0 Å². The van der Waals surface area contributed by atoms with Gasteiger partial charge in [-0.2, -0.15) is 0 Å². The molecule has 0 aliphatic heterocycles. The Morgan fingerprint density at radius 2 is 1.78 bits per heavy atom. The van der Waals surface area contributed by atoms with Gasteiger partial charge >= 0.3 is 0 Å². The smallest absolute Gasteiger partial charge is 0.115 e. The number of aliphatic hydroxyl groups excluding tert-OH is 1. The van der Waals surface area contributed by atoms with Crippen molar-refractivity contribution in [3.05, 3.63) is 64.1 Å². The molecule has 2 N–H and O–H groups in total. The number of aromatic hydroxyl groups is 1. The van der Waals surface area contributed by atoms with E-state index >= 15 is 0 Å². The molecule has 0 aliphatic carbocycles. The normalized spacial score (nSPS) is 12.3. The van der Waals surface area contributed by atoms with Crippen molar-refractivity contribution in [2.45, 2.75) is 12.3 Å². The van der Waals surface area contributed by atoms with Gasteiger partial charge in [-0.3, -0.25) is 0 Å². The van der Waals surface area contributed by atoms with Crippen molar-refractivity contribution >= 4 is 15.9 Å². The molecule has 0 spiro atoms. The van der Waals surface area contributed by atoms with E-state index in [9.17, 15) is 10.2 Å². The molecule has 18 heavy (non-hydrogen) atoms. The van der Waals surface area contributed by atoms with Crippen LogP contribution in [0.4, 0.5) is 0 Å². The van der Waals surface area contributed by atoms with Gasteiger partial charge in [0.05, 0.1) is 6.61 Å². The summed E-state index contributed by atoms with van der Waals surface area (Å²) in [7, 11) is 0. The predicted octanol–water partition coefficient (Wildman–Crippen LogP) is 3.47. The lowest BCUT2D eigenvalue weighted by Gasteiger charge is -2.15. The summed E-state index contributed by atoms with van der Waals surface area (Å²) in [5.41, 5.74) is 2.21. The molecule has 2 aromatic rings. The van der Waals surface area contributed by atoms with Gasteiger partial charge in [-0.1, -0.05) is 40.2 Å². The van der Waals surface area contributed by atoms with Crippen molar-refractivity contribution in [2.75, 3.05) is 6.61 Å². The molecule has 1 unspecified atom stereocenters. The fraction of sp³-hybridized carbons (Fsp3) is 0.200. The van der Waals surface area contributed by atoms with Crippen LogP contribution in [0.25, 0.3) is 0 Å². The average molecular weight is 307 g/mol. The first-order valence-electron chi connectivity index (χ1n) is 5.83. The zero-order chi connectivity index (χ0) is 13.0. The number of phenols is 1. The number of hydrogen-bond acceptors (Lipinski definition) is 2. The highest BCUT2D eigenvalue weighted by molar-refractivity contribution is 9.10. The van der Waals surface area contributed by atoms with Gasteiger partial charge in [0, 0.05) is 10.4 Å². The predicted molar refractivity (Wildman–Crippen MR) is 75.8 cm³/mol. The summed E-state index contributed by atoms with van der Waals surface area (Å²) in [5.74, 6) is 0.341. The molecule has 1 atom stereocenters. The molecule has 0 aliphatic rings. The maximum Gasteiger partial charge on any atom is 0.115 e. The number of benzene rings is 2. The van der Waals surface area contributed by atoms with Crippen LogP contribution in [-0.4, -0.2) is 16.8 Å². The Balaban J connectivity index is 2.17. The summed E-state index contributed by atoms with van der Waals surface area (Å²) >= 11 is 3.44. The SMILES string of the molecule is OCC(Cc1ccc(O)cc1)c1cccc(Br)c1. The lowest BCUT2D eigenvalue weighted by atomic mass is 9.93. The van der Waals surface area contributed by atoms with E-state index in [2.05, 4.69) is 15.9 Å². The summed E-state index contributed by atoms with van der Waals surface area (Å²) in [6, 6.07) is 15.1. The molecule has 3 heteroatoms. The van der Waals surface area contributed by atoms with Gasteiger partial charge in [-0.25, -0.2) is 0 Å². The van der Waals surface area contributed by atoms with E-state index < -0.39 is 0 Å². The average Bonchev–Trinajstić information content (AvgIpc) is 2.38. The summed E-state index contributed by atoms with van der Waals surface area (Å²) in [4.78, 5) is 0. The Kier molecular flexibility index (Phi) is 4.39. The first kappa shape index (κ1) is 13.1. The van der Waals surface area contributed by atoms with Gasteiger partial charge in [0.1, 0.15) is 5.75 Å². The Morgan fingerprint density at radius 3 is 2.39 bits per heavy atom. The molecule has 0 saturated carbocycles. The van der Waals surface area contributed by atoms with Crippen LogP contribution in [0.2, 0.25) is 0 Å². The largest absolute Gasteiger partial charge is 0.508 e. The van der Waals surface area contributed by atoms with Gasteiger partial charge in [0.15, 0.2) is 0 Å². The second-order valence-corrected chi connectivity index (χ2v) is 5.22. The molecule has 0 heterocycles. The Labute approximate surface area is 115 Å². The summed E-state index contributed by atoms with van der Waals surface area (Å²) in [6.07, 6.45) is 0.757. The Bertz CT molecular complexity index is 508. The van der Waals surface area contributed by atoms with E-state index in [1.807, 2.05) is 36.4 Å². The number of aliphatic hydroxyl groups is 1. The molecular weight excluding hydrogens is 292 g/mol. The molecule has 2 aromatic carbocycles. The van der Waals surface area contributed by atoms with Crippen molar-refractivity contribution in [1.82, 2.24) is 0 Å². The maximum atomic E-state index is 9.52.